The summed E-state index contributed by atoms with van der Waals surface area (Å²) in [5.74, 6) is -0.903. The summed E-state index contributed by atoms with van der Waals surface area (Å²) in [6.07, 6.45) is 0.447. The lowest BCUT2D eigenvalue weighted by atomic mass is 9.99. The van der Waals surface area contributed by atoms with Crippen molar-refractivity contribution in [2.75, 3.05) is 0 Å². The Labute approximate surface area is 162 Å². The van der Waals surface area contributed by atoms with Crippen LogP contribution < -0.4 is 0 Å². The second-order valence-corrected chi connectivity index (χ2v) is 7.12. The zero-order valence-corrected chi connectivity index (χ0v) is 15.6. The Morgan fingerprint density at radius 1 is 1.11 bits per heavy atom. The van der Waals surface area contributed by atoms with E-state index in [2.05, 4.69) is 11.1 Å². The van der Waals surface area contributed by atoms with E-state index in [-0.39, 0.29) is 0 Å². The molecule has 0 aliphatic carbocycles. The van der Waals surface area contributed by atoms with E-state index in [0.29, 0.717) is 17.0 Å². The summed E-state index contributed by atoms with van der Waals surface area (Å²) in [5.41, 5.74) is 3.71. The highest BCUT2D eigenvalue weighted by Crippen LogP contribution is 2.36. The van der Waals surface area contributed by atoms with Gasteiger partial charge in [-0.3, -0.25) is 4.79 Å². The number of nitriles is 1. The van der Waals surface area contributed by atoms with Crippen LogP contribution in [-0.4, -0.2) is 21.3 Å². The summed E-state index contributed by atoms with van der Waals surface area (Å²) in [7, 11) is 0. The Morgan fingerprint density at radius 3 is 2.22 bits per heavy atom. The molecule has 3 aromatic rings. The number of aromatic nitrogens is 1. The lowest BCUT2D eigenvalue weighted by molar-refractivity contribution is -0.136. The van der Waals surface area contributed by atoms with Gasteiger partial charge in [-0.15, -0.1) is 0 Å². The van der Waals surface area contributed by atoms with E-state index in [9.17, 15) is 15.2 Å². The molecule has 1 atom stereocenters. The van der Waals surface area contributed by atoms with Gasteiger partial charge in [0.15, 0.2) is 0 Å². The first kappa shape index (κ1) is 18.7. The average molecular weight is 374 g/mol. The zero-order chi connectivity index (χ0) is 19.2. The molecule has 0 saturated heterocycles. The predicted molar refractivity (Wildman–Crippen MR) is 107 cm³/mol. The smallest absolute Gasteiger partial charge is 0.317 e. The molecule has 0 bridgehead atoms. The molecule has 0 aliphatic heterocycles. The number of aliphatic carboxylic acids is 1. The Bertz CT molecular complexity index is 982. The second-order valence-electron chi connectivity index (χ2n) is 5.93. The first-order valence-electron chi connectivity index (χ1n) is 8.59. The monoisotopic (exact) mass is 374 g/mol. The first-order chi connectivity index (χ1) is 13.1. The summed E-state index contributed by atoms with van der Waals surface area (Å²) in [5, 5.41) is 19.0. The van der Waals surface area contributed by atoms with Crippen LogP contribution in [0.5, 0.6) is 0 Å². The number of carboxylic acids is 1. The number of carbonyl (C=O) groups is 1. The molecule has 3 rings (SSSR count). The summed E-state index contributed by atoms with van der Waals surface area (Å²) in [6, 6.07) is 23.4. The van der Waals surface area contributed by atoms with Gasteiger partial charge in [-0.2, -0.15) is 5.26 Å². The minimum absolute atomic E-state index is 0.408. The molecule has 134 valence electrons. The largest absolute Gasteiger partial charge is 0.480 e. The lowest BCUT2D eigenvalue weighted by Crippen LogP contribution is -2.15. The van der Waals surface area contributed by atoms with Crippen molar-refractivity contribution in [1.82, 2.24) is 4.98 Å². The van der Waals surface area contributed by atoms with Crippen LogP contribution in [0.4, 0.5) is 0 Å². The van der Waals surface area contributed by atoms with E-state index >= 15 is 0 Å². The normalized spacial score (nSPS) is 11.6. The molecule has 1 aromatic heterocycles. The standard InChI is InChI=1S/C22H18N2O2S/c1-2-20(22(25)26)27-21-18(14-23)17(15-9-5-3-6-10-15)13-19(24-21)16-11-7-4-8-12-16/h3-13,20H,2H2,1H3,(H,25,26). The van der Waals surface area contributed by atoms with Crippen LogP contribution in [0.25, 0.3) is 22.4 Å². The fourth-order valence-corrected chi connectivity index (χ4v) is 3.72. The van der Waals surface area contributed by atoms with Crippen LogP contribution in [-0.2, 0) is 4.79 Å². The summed E-state index contributed by atoms with van der Waals surface area (Å²) < 4.78 is 0. The molecular weight excluding hydrogens is 356 g/mol. The van der Waals surface area contributed by atoms with Crippen molar-refractivity contribution in [3.8, 4) is 28.5 Å². The topological polar surface area (TPSA) is 74.0 Å². The third-order valence-electron chi connectivity index (χ3n) is 4.15. The summed E-state index contributed by atoms with van der Waals surface area (Å²) in [4.78, 5) is 16.2. The minimum Gasteiger partial charge on any atom is -0.480 e. The van der Waals surface area contributed by atoms with Crippen LogP contribution in [0.2, 0.25) is 0 Å². The second kappa shape index (κ2) is 8.52. The number of hydrogen-bond donors (Lipinski definition) is 1. The number of hydrogen-bond acceptors (Lipinski definition) is 4. The average Bonchev–Trinajstić information content (AvgIpc) is 2.72. The Morgan fingerprint density at radius 2 is 1.70 bits per heavy atom. The third kappa shape index (κ3) is 4.18. The minimum atomic E-state index is -0.903. The van der Waals surface area contributed by atoms with Gasteiger partial charge in [0.25, 0.3) is 0 Å². The van der Waals surface area contributed by atoms with Gasteiger partial charge in [-0.05, 0) is 18.1 Å². The molecule has 5 heteroatoms. The van der Waals surface area contributed by atoms with Gasteiger partial charge in [-0.25, -0.2) is 4.98 Å². The number of benzene rings is 2. The number of thioether (sulfide) groups is 1. The molecule has 0 fully saturated rings. The van der Waals surface area contributed by atoms with Crippen molar-refractivity contribution in [1.29, 1.82) is 5.26 Å². The fraction of sp³-hybridized carbons (Fsp3) is 0.136. The van der Waals surface area contributed by atoms with E-state index in [1.807, 2.05) is 73.7 Å². The predicted octanol–water partition coefficient (Wildman–Crippen LogP) is 5.24. The van der Waals surface area contributed by atoms with Gasteiger partial charge in [0.05, 0.1) is 11.3 Å². The van der Waals surface area contributed by atoms with Crippen molar-refractivity contribution >= 4 is 17.7 Å². The van der Waals surface area contributed by atoms with E-state index in [1.54, 1.807) is 0 Å². The van der Waals surface area contributed by atoms with Crippen LogP contribution >= 0.6 is 11.8 Å². The molecule has 27 heavy (non-hydrogen) atoms. The molecular formula is C22H18N2O2S. The van der Waals surface area contributed by atoms with Crippen LogP contribution in [0.3, 0.4) is 0 Å². The van der Waals surface area contributed by atoms with Gasteiger partial charge in [0, 0.05) is 11.1 Å². The van der Waals surface area contributed by atoms with Gasteiger partial charge in [0.1, 0.15) is 16.3 Å². The van der Waals surface area contributed by atoms with Gasteiger partial charge < -0.3 is 5.11 Å². The SMILES string of the molecule is CCC(Sc1nc(-c2ccccc2)cc(-c2ccccc2)c1C#N)C(=O)O. The molecule has 0 spiro atoms. The number of carboxylic acid groups (broad SMARTS) is 1. The third-order valence-corrected chi connectivity index (χ3v) is 5.49. The molecule has 1 heterocycles. The molecule has 0 aliphatic rings. The van der Waals surface area contributed by atoms with E-state index < -0.39 is 11.2 Å². The quantitative estimate of drug-likeness (QED) is 0.597. The van der Waals surface area contributed by atoms with Crippen molar-refractivity contribution in [2.45, 2.75) is 23.6 Å². The maximum atomic E-state index is 11.5. The number of rotatable bonds is 6. The number of pyridine rings is 1. The van der Waals surface area contributed by atoms with Crippen molar-refractivity contribution in [3.63, 3.8) is 0 Å². The molecule has 0 radical (unpaired) electrons. The van der Waals surface area contributed by atoms with Gasteiger partial charge >= 0.3 is 5.97 Å². The highest BCUT2D eigenvalue weighted by molar-refractivity contribution is 8.00. The van der Waals surface area contributed by atoms with E-state index in [1.165, 1.54) is 0 Å². The van der Waals surface area contributed by atoms with Crippen molar-refractivity contribution < 1.29 is 9.90 Å². The highest BCUT2D eigenvalue weighted by atomic mass is 32.2. The van der Waals surface area contributed by atoms with Crippen LogP contribution in [0.1, 0.15) is 18.9 Å². The summed E-state index contributed by atoms with van der Waals surface area (Å²) >= 11 is 1.13. The van der Waals surface area contributed by atoms with Crippen LogP contribution in [0, 0.1) is 11.3 Å². The maximum absolute atomic E-state index is 11.5. The highest BCUT2D eigenvalue weighted by Gasteiger charge is 2.22. The molecule has 1 N–H and O–H groups in total. The van der Waals surface area contributed by atoms with Crippen molar-refractivity contribution in [3.05, 3.63) is 72.3 Å². The first-order valence-corrected chi connectivity index (χ1v) is 9.47. The van der Waals surface area contributed by atoms with Gasteiger partial charge in [-0.1, -0.05) is 79.3 Å². The molecule has 0 saturated carbocycles. The van der Waals surface area contributed by atoms with Crippen LogP contribution in [0.15, 0.2) is 71.8 Å². The lowest BCUT2D eigenvalue weighted by Gasteiger charge is -2.15. The molecule has 4 nitrogen and oxygen atoms in total. The van der Waals surface area contributed by atoms with Gasteiger partial charge in [0.2, 0.25) is 0 Å². The molecule has 0 amide bonds. The van der Waals surface area contributed by atoms with E-state index in [4.69, 9.17) is 0 Å². The zero-order valence-electron chi connectivity index (χ0n) is 14.8. The Kier molecular flexibility index (Phi) is 5.90. The Hall–Kier alpha value is -3.10. The fourth-order valence-electron chi connectivity index (χ4n) is 2.76. The summed E-state index contributed by atoms with van der Waals surface area (Å²) in [6.45, 7) is 1.82. The number of nitrogens with zero attached hydrogens (tertiary/aromatic N) is 2. The van der Waals surface area contributed by atoms with Crippen molar-refractivity contribution in [2.24, 2.45) is 0 Å². The maximum Gasteiger partial charge on any atom is 0.317 e. The Balaban J connectivity index is 2.22. The molecule has 1 unspecified atom stereocenters. The van der Waals surface area contributed by atoms with E-state index in [0.717, 1.165) is 34.1 Å². The molecule has 2 aromatic carbocycles.